The number of pyridine rings is 1. The third kappa shape index (κ3) is 2.87. The lowest BCUT2D eigenvalue weighted by molar-refractivity contribution is -0.390. The Balaban J connectivity index is 3.49. The van der Waals surface area contributed by atoms with Crippen LogP contribution in [0, 0.1) is 10.1 Å². The molecule has 0 aliphatic rings. The van der Waals surface area contributed by atoms with Crippen molar-refractivity contribution in [3.05, 3.63) is 27.3 Å². The molecule has 0 atom stereocenters. The van der Waals surface area contributed by atoms with E-state index in [2.05, 4.69) is 9.72 Å². The Hall–Kier alpha value is -2.32. The molecule has 0 aliphatic heterocycles. The molecule has 0 aliphatic carbocycles. The second-order valence-electron chi connectivity index (χ2n) is 3.18. The number of nitro groups is 1. The second kappa shape index (κ2) is 5.34. The predicted molar refractivity (Wildman–Crippen MR) is 53.7 cm³/mol. The number of hydrogen-bond donors (Lipinski definition) is 1. The van der Waals surface area contributed by atoms with Crippen LogP contribution in [0.15, 0.2) is 6.07 Å². The van der Waals surface area contributed by atoms with Gasteiger partial charge in [-0.1, -0.05) is 0 Å². The summed E-state index contributed by atoms with van der Waals surface area (Å²) >= 11 is 0. The Morgan fingerprint density at radius 3 is 2.67 bits per heavy atom. The van der Waals surface area contributed by atoms with Gasteiger partial charge in [0, 0.05) is 16.6 Å². The van der Waals surface area contributed by atoms with Crippen molar-refractivity contribution in [2.24, 2.45) is 0 Å². The molecular formula is C9H8F2N2O5. The van der Waals surface area contributed by atoms with Crippen LogP contribution in [-0.4, -0.2) is 28.1 Å². The predicted octanol–water partition coefficient (Wildman–Crippen LogP) is 1.56. The fraction of sp³-hybridized carbons (Fsp3) is 0.333. The Bertz CT molecular complexity index is 492. The zero-order valence-corrected chi connectivity index (χ0v) is 9.09. The first-order chi connectivity index (χ1) is 8.36. The Labute approximate surface area is 99.2 Å². The lowest BCUT2D eigenvalue weighted by Crippen LogP contribution is -2.10. The fourth-order valence-corrected chi connectivity index (χ4v) is 1.34. The maximum absolute atomic E-state index is 12.7. The molecule has 0 amide bonds. The van der Waals surface area contributed by atoms with Crippen molar-refractivity contribution in [1.82, 2.24) is 4.98 Å². The number of carbonyl (C=O) groups is 1. The largest absolute Gasteiger partial charge is 0.481 e. The van der Waals surface area contributed by atoms with Gasteiger partial charge in [0.2, 0.25) is 0 Å². The molecule has 7 nitrogen and oxygen atoms in total. The van der Waals surface area contributed by atoms with E-state index in [4.69, 9.17) is 5.11 Å². The summed E-state index contributed by atoms with van der Waals surface area (Å²) in [6.07, 6.45) is -3.97. The molecule has 1 aromatic heterocycles. The average molecular weight is 262 g/mol. The molecule has 0 bridgehead atoms. The molecule has 1 N–H and O–H groups in total. The zero-order chi connectivity index (χ0) is 13.9. The summed E-state index contributed by atoms with van der Waals surface area (Å²) in [5, 5.41) is 19.3. The third-order valence-corrected chi connectivity index (χ3v) is 2.06. The molecule has 0 radical (unpaired) electrons. The van der Waals surface area contributed by atoms with Gasteiger partial charge < -0.3 is 20.0 Å². The SMILES string of the molecule is COc1cc(C(F)F)c(CC(=O)O)c([N+](=O)[O-])n1. The Kier molecular flexibility index (Phi) is 4.08. The molecule has 1 aromatic rings. The molecule has 0 unspecified atom stereocenters. The van der Waals surface area contributed by atoms with Crippen molar-refractivity contribution in [3.8, 4) is 5.88 Å². The van der Waals surface area contributed by atoms with Crippen LogP contribution in [0.3, 0.4) is 0 Å². The van der Waals surface area contributed by atoms with Crippen molar-refractivity contribution in [3.63, 3.8) is 0 Å². The standard InChI is InChI=1S/C9H8F2N2O5/c1-18-6-2-4(8(10)11)5(3-7(14)15)9(12-6)13(16)17/h2,8H,3H2,1H3,(H,14,15). The first kappa shape index (κ1) is 13.7. The summed E-state index contributed by atoms with van der Waals surface area (Å²) in [5.74, 6) is -2.77. The number of methoxy groups -OCH3 is 1. The number of halogens is 2. The van der Waals surface area contributed by atoms with Crippen LogP contribution < -0.4 is 4.74 Å². The molecule has 0 aromatic carbocycles. The monoisotopic (exact) mass is 262 g/mol. The van der Waals surface area contributed by atoms with Gasteiger partial charge in [0.05, 0.1) is 19.1 Å². The van der Waals surface area contributed by atoms with Gasteiger partial charge >= 0.3 is 17.7 Å². The van der Waals surface area contributed by atoms with Crippen molar-refractivity contribution in [2.45, 2.75) is 12.8 Å². The fourth-order valence-electron chi connectivity index (χ4n) is 1.34. The van der Waals surface area contributed by atoms with Gasteiger partial charge in [0.15, 0.2) is 0 Å². The molecule has 18 heavy (non-hydrogen) atoms. The normalized spacial score (nSPS) is 10.4. The summed E-state index contributed by atoms with van der Waals surface area (Å²) in [5.41, 5.74) is -1.39. The molecule has 1 heterocycles. The first-order valence-electron chi connectivity index (χ1n) is 4.59. The minimum absolute atomic E-state index is 0.369. The lowest BCUT2D eigenvalue weighted by atomic mass is 10.1. The van der Waals surface area contributed by atoms with Crippen molar-refractivity contribution < 1.29 is 28.3 Å². The van der Waals surface area contributed by atoms with E-state index in [-0.39, 0.29) is 5.88 Å². The number of alkyl halides is 2. The van der Waals surface area contributed by atoms with Gasteiger partial charge in [-0.15, -0.1) is 0 Å². The summed E-state index contributed by atoms with van der Waals surface area (Å²) < 4.78 is 30.0. The van der Waals surface area contributed by atoms with E-state index >= 15 is 0 Å². The molecule has 0 saturated carbocycles. The van der Waals surface area contributed by atoms with E-state index in [9.17, 15) is 23.7 Å². The molecule has 0 spiro atoms. The van der Waals surface area contributed by atoms with Crippen molar-refractivity contribution in [1.29, 1.82) is 0 Å². The van der Waals surface area contributed by atoms with Gasteiger partial charge in [0.1, 0.15) is 0 Å². The zero-order valence-electron chi connectivity index (χ0n) is 9.09. The summed E-state index contributed by atoms with van der Waals surface area (Å²) in [7, 11) is 1.11. The minimum atomic E-state index is -3.06. The molecule has 1 rings (SSSR count). The van der Waals surface area contributed by atoms with Crippen LogP contribution in [0.25, 0.3) is 0 Å². The van der Waals surface area contributed by atoms with Gasteiger partial charge in [-0.25, -0.2) is 8.78 Å². The highest BCUT2D eigenvalue weighted by Gasteiger charge is 2.28. The average Bonchev–Trinajstić information content (AvgIpc) is 2.27. The van der Waals surface area contributed by atoms with Crippen LogP contribution in [0.5, 0.6) is 5.88 Å². The number of aromatic nitrogens is 1. The van der Waals surface area contributed by atoms with E-state index in [1.807, 2.05) is 0 Å². The Morgan fingerprint density at radius 1 is 1.67 bits per heavy atom. The maximum atomic E-state index is 12.7. The number of carboxylic acids is 1. The summed E-state index contributed by atoms with van der Waals surface area (Å²) in [6.45, 7) is 0. The van der Waals surface area contributed by atoms with E-state index in [0.29, 0.717) is 0 Å². The second-order valence-corrected chi connectivity index (χ2v) is 3.18. The van der Waals surface area contributed by atoms with Crippen LogP contribution in [0.2, 0.25) is 0 Å². The van der Waals surface area contributed by atoms with E-state index in [1.165, 1.54) is 0 Å². The van der Waals surface area contributed by atoms with E-state index in [1.54, 1.807) is 0 Å². The molecule has 98 valence electrons. The molecular weight excluding hydrogens is 254 g/mol. The van der Waals surface area contributed by atoms with Gasteiger partial charge in [0.25, 0.3) is 6.43 Å². The summed E-state index contributed by atoms with van der Waals surface area (Å²) in [4.78, 5) is 23.6. The number of carboxylic acid groups (broad SMARTS) is 1. The number of nitrogens with zero attached hydrogens (tertiary/aromatic N) is 2. The number of aliphatic carboxylic acids is 1. The molecule has 0 saturated heterocycles. The van der Waals surface area contributed by atoms with Crippen LogP contribution in [0.4, 0.5) is 14.6 Å². The van der Waals surface area contributed by atoms with Crippen molar-refractivity contribution >= 4 is 11.8 Å². The highest BCUT2D eigenvalue weighted by atomic mass is 19.3. The summed E-state index contributed by atoms with van der Waals surface area (Å²) in [6, 6.07) is 0.788. The lowest BCUT2D eigenvalue weighted by Gasteiger charge is -2.08. The highest BCUT2D eigenvalue weighted by molar-refractivity contribution is 5.72. The maximum Gasteiger partial charge on any atom is 0.372 e. The number of hydrogen-bond acceptors (Lipinski definition) is 5. The van der Waals surface area contributed by atoms with Gasteiger partial charge in [-0.2, -0.15) is 0 Å². The molecule has 0 fully saturated rings. The van der Waals surface area contributed by atoms with Gasteiger partial charge in [-0.05, 0) is 4.92 Å². The number of ether oxygens (including phenoxy) is 1. The topological polar surface area (TPSA) is 103 Å². The third-order valence-electron chi connectivity index (χ3n) is 2.06. The minimum Gasteiger partial charge on any atom is -0.481 e. The van der Waals surface area contributed by atoms with Gasteiger partial charge in [-0.3, -0.25) is 4.79 Å². The van der Waals surface area contributed by atoms with E-state index in [0.717, 1.165) is 13.2 Å². The van der Waals surface area contributed by atoms with Crippen LogP contribution >= 0.6 is 0 Å². The van der Waals surface area contributed by atoms with Crippen LogP contribution in [-0.2, 0) is 11.2 Å². The first-order valence-corrected chi connectivity index (χ1v) is 4.59. The quantitative estimate of drug-likeness (QED) is 0.638. The smallest absolute Gasteiger partial charge is 0.372 e. The van der Waals surface area contributed by atoms with E-state index < -0.39 is 40.7 Å². The molecule has 9 heteroatoms. The Morgan fingerprint density at radius 2 is 2.28 bits per heavy atom. The van der Waals surface area contributed by atoms with Crippen molar-refractivity contribution in [2.75, 3.05) is 7.11 Å². The van der Waals surface area contributed by atoms with Crippen LogP contribution in [0.1, 0.15) is 17.6 Å². The number of rotatable bonds is 5. The highest BCUT2D eigenvalue weighted by Crippen LogP contribution is 2.32.